The molecule has 0 unspecified atom stereocenters. The summed E-state index contributed by atoms with van der Waals surface area (Å²) in [6.45, 7) is 0.657. The van der Waals surface area contributed by atoms with Crippen LogP contribution in [0.2, 0.25) is 0 Å². The normalized spacial score (nSPS) is 10.3. The average Bonchev–Trinajstić information content (AvgIpc) is 2.39. The molecule has 2 rings (SSSR count). The Balaban J connectivity index is 2.21. The van der Waals surface area contributed by atoms with Crippen LogP contribution >= 0.6 is 0 Å². The van der Waals surface area contributed by atoms with Gasteiger partial charge in [-0.25, -0.2) is 0 Å². The number of hydrogen-bond donors (Lipinski definition) is 1. The number of nitrogens with two attached hydrogens (primary N) is 1. The molecule has 0 saturated heterocycles. The van der Waals surface area contributed by atoms with Crippen molar-refractivity contribution >= 4 is 17.8 Å². The zero-order chi connectivity index (χ0) is 13.8. The van der Waals surface area contributed by atoms with Crippen molar-refractivity contribution in [2.75, 3.05) is 36.7 Å². The Morgan fingerprint density at radius 1 is 1.11 bits per heavy atom. The van der Waals surface area contributed by atoms with Gasteiger partial charge in [-0.15, -0.1) is 0 Å². The summed E-state index contributed by atoms with van der Waals surface area (Å²) in [5.41, 5.74) is 6.78. The van der Waals surface area contributed by atoms with Gasteiger partial charge in [0.2, 0.25) is 17.8 Å². The zero-order valence-corrected chi connectivity index (χ0v) is 11.3. The minimum absolute atomic E-state index is 0.215. The SMILES string of the molecule is CN(C)c1nc(N)nc(N(C)Cc2cccnc2)n1. The van der Waals surface area contributed by atoms with Crippen molar-refractivity contribution in [1.29, 1.82) is 0 Å². The van der Waals surface area contributed by atoms with Gasteiger partial charge in [0, 0.05) is 40.1 Å². The fourth-order valence-corrected chi connectivity index (χ4v) is 1.58. The topological polar surface area (TPSA) is 84.1 Å². The summed E-state index contributed by atoms with van der Waals surface area (Å²) in [5, 5.41) is 0. The number of aromatic nitrogens is 4. The molecule has 7 nitrogen and oxygen atoms in total. The Bertz CT molecular complexity index is 541. The highest BCUT2D eigenvalue weighted by molar-refractivity contribution is 5.42. The van der Waals surface area contributed by atoms with Gasteiger partial charge in [0.15, 0.2) is 0 Å². The van der Waals surface area contributed by atoms with Crippen LogP contribution < -0.4 is 15.5 Å². The summed E-state index contributed by atoms with van der Waals surface area (Å²) in [6.07, 6.45) is 3.56. The zero-order valence-electron chi connectivity index (χ0n) is 11.3. The molecule has 0 aliphatic carbocycles. The standard InChI is InChI=1S/C12H17N7/c1-18(2)11-15-10(13)16-12(17-11)19(3)8-9-5-4-6-14-7-9/h4-7H,8H2,1-3H3,(H2,13,15,16,17). The lowest BCUT2D eigenvalue weighted by atomic mass is 10.3. The first kappa shape index (κ1) is 13.0. The van der Waals surface area contributed by atoms with E-state index in [0.717, 1.165) is 5.56 Å². The predicted molar refractivity (Wildman–Crippen MR) is 74.9 cm³/mol. The minimum atomic E-state index is 0.215. The maximum atomic E-state index is 5.70. The van der Waals surface area contributed by atoms with Crippen LogP contribution in [0.4, 0.5) is 17.8 Å². The molecule has 0 amide bonds. The van der Waals surface area contributed by atoms with Crippen molar-refractivity contribution in [2.24, 2.45) is 0 Å². The molecular weight excluding hydrogens is 242 g/mol. The highest BCUT2D eigenvalue weighted by Gasteiger charge is 2.10. The molecular formula is C12H17N7. The average molecular weight is 259 g/mol. The molecule has 0 atom stereocenters. The molecule has 0 radical (unpaired) electrons. The highest BCUT2D eigenvalue weighted by Crippen LogP contribution is 2.14. The molecule has 2 aromatic rings. The number of nitrogens with zero attached hydrogens (tertiary/aromatic N) is 6. The quantitative estimate of drug-likeness (QED) is 0.858. The molecule has 0 fully saturated rings. The fraction of sp³-hybridized carbons (Fsp3) is 0.333. The van der Waals surface area contributed by atoms with Crippen molar-refractivity contribution in [1.82, 2.24) is 19.9 Å². The van der Waals surface area contributed by atoms with Crippen molar-refractivity contribution in [3.63, 3.8) is 0 Å². The predicted octanol–water partition coefficient (Wildman–Crippen LogP) is 0.551. The Kier molecular flexibility index (Phi) is 3.74. The summed E-state index contributed by atoms with van der Waals surface area (Å²) in [7, 11) is 5.63. The second-order valence-corrected chi connectivity index (χ2v) is 4.41. The lowest BCUT2D eigenvalue weighted by Gasteiger charge is -2.19. The number of hydrogen-bond acceptors (Lipinski definition) is 7. The van der Waals surface area contributed by atoms with E-state index in [1.54, 1.807) is 11.1 Å². The molecule has 2 aromatic heterocycles. The van der Waals surface area contributed by atoms with Gasteiger partial charge in [-0.1, -0.05) is 6.07 Å². The van der Waals surface area contributed by atoms with Gasteiger partial charge >= 0.3 is 0 Å². The molecule has 0 aromatic carbocycles. The van der Waals surface area contributed by atoms with Gasteiger partial charge in [-0.3, -0.25) is 4.98 Å². The smallest absolute Gasteiger partial charge is 0.231 e. The van der Waals surface area contributed by atoms with Crippen LogP contribution in [0.1, 0.15) is 5.56 Å². The molecule has 2 N–H and O–H groups in total. The van der Waals surface area contributed by atoms with Gasteiger partial charge in [-0.05, 0) is 11.6 Å². The fourth-order valence-electron chi connectivity index (χ4n) is 1.58. The number of pyridine rings is 1. The lowest BCUT2D eigenvalue weighted by molar-refractivity contribution is 0.843. The van der Waals surface area contributed by atoms with Crippen LogP contribution in [0.5, 0.6) is 0 Å². The minimum Gasteiger partial charge on any atom is -0.368 e. The van der Waals surface area contributed by atoms with Gasteiger partial charge in [0.05, 0.1) is 0 Å². The van der Waals surface area contributed by atoms with Crippen LogP contribution in [0.3, 0.4) is 0 Å². The molecule has 0 spiro atoms. The molecule has 2 heterocycles. The second kappa shape index (κ2) is 5.47. The lowest BCUT2D eigenvalue weighted by Crippen LogP contribution is -2.22. The Morgan fingerprint density at radius 3 is 2.47 bits per heavy atom. The van der Waals surface area contributed by atoms with Gasteiger partial charge in [0.1, 0.15) is 0 Å². The molecule has 19 heavy (non-hydrogen) atoms. The van der Waals surface area contributed by atoms with E-state index in [9.17, 15) is 0 Å². The summed E-state index contributed by atoms with van der Waals surface area (Å²) < 4.78 is 0. The number of nitrogen functional groups attached to an aromatic ring is 1. The highest BCUT2D eigenvalue weighted by atomic mass is 15.3. The third-order valence-electron chi connectivity index (χ3n) is 2.51. The maximum Gasteiger partial charge on any atom is 0.231 e. The van der Waals surface area contributed by atoms with E-state index in [4.69, 9.17) is 5.73 Å². The number of anilines is 3. The van der Waals surface area contributed by atoms with Crippen LogP contribution in [0.15, 0.2) is 24.5 Å². The van der Waals surface area contributed by atoms with Gasteiger partial charge in [-0.2, -0.15) is 15.0 Å². The van der Waals surface area contributed by atoms with Gasteiger partial charge < -0.3 is 15.5 Å². The molecule has 0 aliphatic rings. The van der Waals surface area contributed by atoms with E-state index in [1.165, 1.54) is 0 Å². The van der Waals surface area contributed by atoms with Gasteiger partial charge in [0.25, 0.3) is 0 Å². The molecule has 0 aliphatic heterocycles. The third-order valence-corrected chi connectivity index (χ3v) is 2.51. The largest absolute Gasteiger partial charge is 0.368 e. The molecule has 0 saturated carbocycles. The second-order valence-electron chi connectivity index (χ2n) is 4.41. The van der Waals surface area contributed by atoms with Crippen LogP contribution in [-0.4, -0.2) is 41.1 Å². The van der Waals surface area contributed by atoms with Crippen molar-refractivity contribution in [3.05, 3.63) is 30.1 Å². The molecule has 100 valence electrons. The van der Waals surface area contributed by atoms with E-state index < -0.39 is 0 Å². The first-order valence-electron chi connectivity index (χ1n) is 5.85. The van der Waals surface area contributed by atoms with E-state index in [0.29, 0.717) is 18.4 Å². The van der Waals surface area contributed by atoms with E-state index in [2.05, 4.69) is 19.9 Å². The summed E-state index contributed by atoms with van der Waals surface area (Å²) >= 11 is 0. The summed E-state index contributed by atoms with van der Waals surface area (Å²) in [4.78, 5) is 20.3. The van der Waals surface area contributed by atoms with Crippen LogP contribution in [-0.2, 0) is 6.54 Å². The summed E-state index contributed by atoms with van der Waals surface area (Å²) in [5.74, 6) is 1.30. The van der Waals surface area contributed by atoms with Crippen molar-refractivity contribution < 1.29 is 0 Å². The first-order valence-corrected chi connectivity index (χ1v) is 5.85. The summed E-state index contributed by atoms with van der Waals surface area (Å²) in [6, 6.07) is 3.90. The number of rotatable bonds is 4. The Hall–Kier alpha value is -2.44. The first-order chi connectivity index (χ1) is 9.06. The Labute approximate surface area is 112 Å². The molecule has 0 bridgehead atoms. The van der Waals surface area contributed by atoms with Crippen LogP contribution in [0.25, 0.3) is 0 Å². The van der Waals surface area contributed by atoms with Crippen molar-refractivity contribution in [2.45, 2.75) is 6.54 Å². The maximum absolute atomic E-state index is 5.70. The van der Waals surface area contributed by atoms with Crippen LogP contribution in [0, 0.1) is 0 Å². The third kappa shape index (κ3) is 3.27. The van der Waals surface area contributed by atoms with E-state index >= 15 is 0 Å². The van der Waals surface area contributed by atoms with Crippen molar-refractivity contribution in [3.8, 4) is 0 Å². The monoisotopic (exact) mass is 259 g/mol. The van der Waals surface area contributed by atoms with E-state index in [-0.39, 0.29) is 5.95 Å². The van der Waals surface area contributed by atoms with E-state index in [1.807, 2.05) is 44.4 Å². The molecule has 7 heteroatoms. The Morgan fingerprint density at radius 2 is 1.84 bits per heavy atom.